The second-order valence-corrected chi connectivity index (χ2v) is 8.01. The molecule has 3 aliphatic rings. The van der Waals surface area contributed by atoms with Crippen LogP contribution in [0.25, 0.3) is 0 Å². The number of nitrogens with two attached hydrogens (primary N) is 1. The van der Waals surface area contributed by atoms with E-state index in [1.54, 1.807) is 0 Å². The van der Waals surface area contributed by atoms with E-state index in [1.807, 2.05) is 0 Å². The number of piperidine rings is 1. The Labute approximate surface area is 131 Å². The van der Waals surface area contributed by atoms with Crippen molar-refractivity contribution in [3.63, 3.8) is 0 Å². The third-order valence-electron chi connectivity index (χ3n) is 6.51. The molecule has 3 fully saturated rings. The van der Waals surface area contributed by atoms with Gasteiger partial charge in [0.1, 0.15) is 0 Å². The zero-order valence-electron chi connectivity index (χ0n) is 14.1. The standard InChI is InChI=1S/C18H35N3/c1-14-6-8-16(9-7-14)18(11-19)21-13-17-5-3-4-10-20(17)12-15(21)2/h14-18H,3-13,19H2,1-2H3. The molecule has 1 saturated carbocycles. The molecule has 0 radical (unpaired) electrons. The second-order valence-electron chi connectivity index (χ2n) is 8.01. The first-order valence-electron chi connectivity index (χ1n) is 9.39. The van der Waals surface area contributed by atoms with Crippen LogP contribution in [0.2, 0.25) is 0 Å². The lowest BCUT2D eigenvalue weighted by Gasteiger charge is -2.52. The first kappa shape index (κ1) is 15.8. The van der Waals surface area contributed by atoms with Crippen molar-refractivity contribution < 1.29 is 0 Å². The highest BCUT2D eigenvalue weighted by atomic mass is 15.3. The van der Waals surface area contributed by atoms with Gasteiger partial charge in [0.25, 0.3) is 0 Å². The van der Waals surface area contributed by atoms with Gasteiger partial charge < -0.3 is 5.73 Å². The van der Waals surface area contributed by atoms with Crippen LogP contribution in [-0.2, 0) is 0 Å². The second kappa shape index (κ2) is 6.97. The Morgan fingerprint density at radius 1 is 1.00 bits per heavy atom. The highest BCUT2D eigenvalue weighted by molar-refractivity contribution is 4.94. The summed E-state index contributed by atoms with van der Waals surface area (Å²) >= 11 is 0. The minimum absolute atomic E-state index is 0.636. The summed E-state index contributed by atoms with van der Waals surface area (Å²) in [5, 5.41) is 0. The predicted molar refractivity (Wildman–Crippen MR) is 89.3 cm³/mol. The number of hydrogen-bond donors (Lipinski definition) is 1. The van der Waals surface area contributed by atoms with E-state index in [-0.39, 0.29) is 0 Å². The molecule has 0 amide bonds. The summed E-state index contributed by atoms with van der Waals surface area (Å²) in [7, 11) is 0. The molecule has 3 rings (SSSR count). The van der Waals surface area contributed by atoms with E-state index in [2.05, 4.69) is 23.6 Å². The fraction of sp³-hybridized carbons (Fsp3) is 1.00. The minimum Gasteiger partial charge on any atom is -0.329 e. The average molecular weight is 293 g/mol. The number of piperazine rings is 1. The lowest BCUT2D eigenvalue weighted by Crippen LogP contribution is -2.63. The van der Waals surface area contributed by atoms with Gasteiger partial charge in [-0.25, -0.2) is 0 Å². The maximum absolute atomic E-state index is 6.24. The smallest absolute Gasteiger partial charge is 0.0250 e. The van der Waals surface area contributed by atoms with Gasteiger partial charge in [0.2, 0.25) is 0 Å². The minimum atomic E-state index is 0.636. The summed E-state index contributed by atoms with van der Waals surface area (Å²) in [6.45, 7) is 9.57. The molecular formula is C18H35N3. The van der Waals surface area contributed by atoms with Crippen molar-refractivity contribution in [2.45, 2.75) is 76.9 Å². The van der Waals surface area contributed by atoms with Crippen LogP contribution in [0.4, 0.5) is 0 Å². The summed E-state index contributed by atoms with van der Waals surface area (Å²) in [6.07, 6.45) is 9.88. The van der Waals surface area contributed by atoms with Crippen molar-refractivity contribution in [3.8, 4) is 0 Å². The Bertz CT molecular complexity index is 324. The lowest BCUT2D eigenvalue weighted by atomic mass is 9.78. The van der Waals surface area contributed by atoms with Gasteiger partial charge in [-0.3, -0.25) is 9.80 Å². The van der Waals surface area contributed by atoms with Crippen molar-refractivity contribution >= 4 is 0 Å². The van der Waals surface area contributed by atoms with Crippen molar-refractivity contribution in [1.82, 2.24) is 9.80 Å². The van der Waals surface area contributed by atoms with Crippen molar-refractivity contribution in [3.05, 3.63) is 0 Å². The van der Waals surface area contributed by atoms with E-state index in [4.69, 9.17) is 5.73 Å². The van der Waals surface area contributed by atoms with E-state index in [1.165, 1.54) is 64.6 Å². The van der Waals surface area contributed by atoms with Gasteiger partial charge in [0.15, 0.2) is 0 Å². The van der Waals surface area contributed by atoms with Crippen LogP contribution in [0.5, 0.6) is 0 Å². The number of nitrogens with zero attached hydrogens (tertiary/aromatic N) is 2. The number of fused-ring (bicyclic) bond motifs is 1. The molecule has 0 bridgehead atoms. The molecular weight excluding hydrogens is 258 g/mol. The third kappa shape index (κ3) is 3.46. The summed E-state index contributed by atoms with van der Waals surface area (Å²) in [5.41, 5.74) is 6.24. The van der Waals surface area contributed by atoms with E-state index in [9.17, 15) is 0 Å². The normalized spacial score (nSPS) is 40.7. The van der Waals surface area contributed by atoms with Crippen LogP contribution in [0.1, 0.15) is 58.8 Å². The molecule has 0 aromatic carbocycles. The first-order valence-corrected chi connectivity index (χ1v) is 9.39. The average Bonchev–Trinajstić information content (AvgIpc) is 2.50. The zero-order valence-corrected chi connectivity index (χ0v) is 14.1. The molecule has 0 aromatic heterocycles. The van der Waals surface area contributed by atoms with Crippen LogP contribution in [0, 0.1) is 11.8 Å². The monoisotopic (exact) mass is 293 g/mol. The molecule has 3 nitrogen and oxygen atoms in total. The molecule has 3 heteroatoms. The third-order valence-corrected chi connectivity index (χ3v) is 6.51. The highest BCUT2D eigenvalue weighted by Gasteiger charge is 2.38. The summed E-state index contributed by atoms with van der Waals surface area (Å²) in [6, 6.07) is 2.13. The van der Waals surface area contributed by atoms with Gasteiger partial charge >= 0.3 is 0 Å². The quantitative estimate of drug-likeness (QED) is 0.868. The van der Waals surface area contributed by atoms with Gasteiger partial charge in [-0.1, -0.05) is 26.2 Å². The molecule has 2 saturated heterocycles. The molecule has 0 aromatic rings. The Morgan fingerprint density at radius 3 is 2.48 bits per heavy atom. The molecule has 21 heavy (non-hydrogen) atoms. The van der Waals surface area contributed by atoms with Crippen molar-refractivity contribution in [2.24, 2.45) is 17.6 Å². The molecule has 3 atom stereocenters. The molecule has 2 N–H and O–H groups in total. The SMILES string of the molecule is CC1CCC(C(CN)N2CC3CCCCN3CC2C)CC1. The molecule has 3 unspecified atom stereocenters. The first-order chi connectivity index (χ1) is 10.2. The van der Waals surface area contributed by atoms with E-state index >= 15 is 0 Å². The van der Waals surface area contributed by atoms with E-state index in [0.717, 1.165) is 24.4 Å². The van der Waals surface area contributed by atoms with Gasteiger partial charge in [-0.05, 0) is 51.0 Å². The Balaban J connectivity index is 1.65. The lowest BCUT2D eigenvalue weighted by molar-refractivity contribution is -0.0253. The van der Waals surface area contributed by atoms with Gasteiger partial charge in [0, 0.05) is 37.8 Å². The van der Waals surface area contributed by atoms with Crippen LogP contribution in [-0.4, -0.2) is 54.1 Å². The summed E-state index contributed by atoms with van der Waals surface area (Å²) < 4.78 is 0. The van der Waals surface area contributed by atoms with Crippen molar-refractivity contribution in [1.29, 1.82) is 0 Å². The van der Waals surface area contributed by atoms with E-state index in [0.29, 0.717) is 12.1 Å². The van der Waals surface area contributed by atoms with Gasteiger partial charge in [-0.15, -0.1) is 0 Å². The highest BCUT2D eigenvalue weighted by Crippen LogP contribution is 2.34. The zero-order chi connectivity index (χ0) is 14.8. The van der Waals surface area contributed by atoms with Gasteiger partial charge in [0.05, 0.1) is 0 Å². The Morgan fingerprint density at radius 2 is 1.76 bits per heavy atom. The summed E-state index contributed by atoms with van der Waals surface area (Å²) in [5.74, 6) is 1.79. The maximum atomic E-state index is 6.24. The Hall–Kier alpha value is -0.120. The van der Waals surface area contributed by atoms with E-state index < -0.39 is 0 Å². The molecule has 2 heterocycles. The fourth-order valence-electron chi connectivity index (χ4n) is 5.11. The van der Waals surface area contributed by atoms with Crippen LogP contribution < -0.4 is 5.73 Å². The van der Waals surface area contributed by atoms with Crippen LogP contribution in [0.15, 0.2) is 0 Å². The van der Waals surface area contributed by atoms with Crippen molar-refractivity contribution in [2.75, 3.05) is 26.2 Å². The Kier molecular flexibility index (Phi) is 5.23. The predicted octanol–water partition coefficient (Wildman–Crippen LogP) is 2.70. The largest absolute Gasteiger partial charge is 0.329 e. The topological polar surface area (TPSA) is 32.5 Å². The molecule has 122 valence electrons. The molecule has 2 aliphatic heterocycles. The van der Waals surface area contributed by atoms with Crippen LogP contribution >= 0.6 is 0 Å². The number of hydrogen-bond acceptors (Lipinski definition) is 3. The van der Waals surface area contributed by atoms with Crippen LogP contribution in [0.3, 0.4) is 0 Å². The molecule has 0 spiro atoms. The molecule has 1 aliphatic carbocycles. The maximum Gasteiger partial charge on any atom is 0.0250 e. The van der Waals surface area contributed by atoms with Gasteiger partial charge in [-0.2, -0.15) is 0 Å². The number of rotatable bonds is 3. The fourth-order valence-corrected chi connectivity index (χ4v) is 5.11. The summed E-state index contributed by atoms with van der Waals surface area (Å²) in [4.78, 5) is 5.55.